The highest BCUT2D eigenvalue weighted by Gasteiger charge is 2.22. The van der Waals surface area contributed by atoms with E-state index in [1.807, 2.05) is 11.7 Å². The SMILES string of the molecule is CCC(C)c1nn(C)c(OC)c1C(C)C. The molecule has 1 heterocycles. The number of hydrogen-bond acceptors (Lipinski definition) is 2. The van der Waals surface area contributed by atoms with Crippen LogP contribution in [0.25, 0.3) is 0 Å². The molecule has 1 aromatic heterocycles. The van der Waals surface area contributed by atoms with Gasteiger partial charge in [0.2, 0.25) is 5.88 Å². The second-order valence-corrected chi connectivity index (χ2v) is 4.40. The van der Waals surface area contributed by atoms with Gasteiger partial charge in [-0.1, -0.05) is 27.7 Å². The van der Waals surface area contributed by atoms with Crippen LogP contribution in [0.4, 0.5) is 0 Å². The second kappa shape index (κ2) is 4.69. The summed E-state index contributed by atoms with van der Waals surface area (Å²) in [7, 11) is 3.65. The average Bonchev–Trinajstić information content (AvgIpc) is 2.53. The molecular formula is C12H22N2O. The first-order valence-electron chi connectivity index (χ1n) is 5.63. The molecule has 15 heavy (non-hydrogen) atoms. The lowest BCUT2D eigenvalue weighted by molar-refractivity contribution is 0.367. The topological polar surface area (TPSA) is 27.1 Å². The fourth-order valence-corrected chi connectivity index (χ4v) is 1.89. The predicted octanol–water partition coefficient (Wildman–Crippen LogP) is 3.07. The fraction of sp³-hybridized carbons (Fsp3) is 0.750. The van der Waals surface area contributed by atoms with Gasteiger partial charge in [-0.3, -0.25) is 0 Å². The van der Waals surface area contributed by atoms with Gasteiger partial charge in [-0.15, -0.1) is 0 Å². The van der Waals surface area contributed by atoms with E-state index < -0.39 is 0 Å². The first-order chi connectivity index (χ1) is 7.02. The maximum atomic E-state index is 5.41. The van der Waals surface area contributed by atoms with Crippen LogP contribution >= 0.6 is 0 Å². The van der Waals surface area contributed by atoms with Gasteiger partial charge in [0.25, 0.3) is 0 Å². The first kappa shape index (κ1) is 12.1. The lowest BCUT2D eigenvalue weighted by Gasteiger charge is -2.11. The molecule has 0 saturated carbocycles. The Morgan fingerprint density at radius 2 is 1.93 bits per heavy atom. The summed E-state index contributed by atoms with van der Waals surface area (Å²) in [5.74, 6) is 1.86. The molecule has 0 aliphatic heterocycles. The van der Waals surface area contributed by atoms with Gasteiger partial charge in [0.05, 0.1) is 12.8 Å². The molecule has 1 atom stereocenters. The molecule has 0 bridgehead atoms. The Labute approximate surface area is 92.4 Å². The van der Waals surface area contributed by atoms with E-state index in [0.717, 1.165) is 12.3 Å². The van der Waals surface area contributed by atoms with E-state index in [9.17, 15) is 0 Å². The Hall–Kier alpha value is -0.990. The minimum atomic E-state index is 0.456. The van der Waals surface area contributed by atoms with Crippen molar-refractivity contribution in [3.8, 4) is 5.88 Å². The van der Waals surface area contributed by atoms with Crippen molar-refractivity contribution in [1.82, 2.24) is 9.78 Å². The molecule has 0 spiro atoms. The lowest BCUT2D eigenvalue weighted by atomic mass is 9.95. The molecule has 1 rings (SSSR count). The van der Waals surface area contributed by atoms with Gasteiger partial charge in [-0.05, 0) is 12.3 Å². The summed E-state index contributed by atoms with van der Waals surface area (Å²) < 4.78 is 7.26. The minimum absolute atomic E-state index is 0.456. The first-order valence-corrected chi connectivity index (χ1v) is 5.63. The Morgan fingerprint density at radius 3 is 2.33 bits per heavy atom. The molecule has 0 aliphatic carbocycles. The summed E-state index contributed by atoms with van der Waals surface area (Å²) in [4.78, 5) is 0. The van der Waals surface area contributed by atoms with Crippen molar-refractivity contribution in [3.05, 3.63) is 11.3 Å². The van der Waals surface area contributed by atoms with Crippen molar-refractivity contribution >= 4 is 0 Å². The minimum Gasteiger partial charge on any atom is -0.481 e. The molecule has 1 aromatic rings. The van der Waals surface area contributed by atoms with Crippen molar-refractivity contribution in [3.63, 3.8) is 0 Å². The smallest absolute Gasteiger partial charge is 0.215 e. The maximum absolute atomic E-state index is 5.41. The van der Waals surface area contributed by atoms with Gasteiger partial charge < -0.3 is 4.74 Å². The molecule has 0 radical (unpaired) electrons. The van der Waals surface area contributed by atoms with Crippen LogP contribution in [0.3, 0.4) is 0 Å². The number of hydrogen-bond donors (Lipinski definition) is 0. The number of ether oxygens (including phenoxy) is 1. The van der Waals surface area contributed by atoms with E-state index in [4.69, 9.17) is 4.74 Å². The van der Waals surface area contributed by atoms with Crippen molar-refractivity contribution in [2.75, 3.05) is 7.11 Å². The van der Waals surface area contributed by atoms with Crippen LogP contribution in [0, 0.1) is 0 Å². The van der Waals surface area contributed by atoms with Crippen LogP contribution in [0.15, 0.2) is 0 Å². The fourth-order valence-electron chi connectivity index (χ4n) is 1.89. The molecule has 0 fully saturated rings. The van der Waals surface area contributed by atoms with Crippen LogP contribution < -0.4 is 4.74 Å². The van der Waals surface area contributed by atoms with Crippen molar-refractivity contribution < 1.29 is 4.74 Å². The van der Waals surface area contributed by atoms with Gasteiger partial charge in [-0.2, -0.15) is 5.10 Å². The molecule has 0 amide bonds. The highest BCUT2D eigenvalue weighted by molar-refractivity contribution is 5.36. The summed E-state index contributed by atoms with van der Waals surface area (Å²) in [6.45, 7) is 8.78. The summed E-state index contributed by atoms with van der Waals surface area (Å²) in [6.07, 6.45) is 1.11. The molecule has 3 nitrogen and oxygen atoms in total. The molecular weight excluding hydrogens is 188 g/mol. The second-order valence-electron chi connectivity index (χ2n) is 4.40. The largest absolute Gasteiger partial charge is 0.481 e. The summed E-state index contributed by atoms with van der Waals surface area (Å²) in [6, 6.07) is 0. The lowest BCUT2D eigenvalue weighted by Crippen LogP contribution is -1.99. The highest BCUT2D eigenvalue weighted by atomic mass is 16.5. The van der Waals surface area contributed by atoms with Crippen molar-refractivity contribution in [2.45, 2.75) is 46.0 Å². The molecule has 1 unspecified atom stereocenters. The van der Waals surface area contributed by atoms with Gasteiger partial charge in [0.15, 0.2) is 0 Å². The molecule has 0 saturated heterocycles. The van der Waals surface area contributed by atoms with Crippen LogP contribution in [0.1, 0.15) is 57.2 Å². The van der Waals surface area contributed by atoms with E-state index in [1.165, 1.54) is 11.3 Å². The van der Waals surface area contributed by atoms with Crippen LogP contribution in [0.5, 0.6) is 5.88 Å². The van der Waals surface area contributed by atoms with Gasteiger partial charge >= 0.3 is 0 Å². The third kappa shape index (κ3) is 2.16. The van der Waals surface area contributed by atoms with Crippen LogP contribution in [-0.4, -0.2) is 16.9 Å². The monoisotopic (exact) mass is 210 g/mol. The van der Waals surface area contributed by atoms with Gasteiger partial charge in [-0.25, -0.2) is 4.68 Å². The molecule has 3 heteroatoms. The zero-order valence-electron chi connectivity index (χ0n) is 10.7. The zero-order valence-corrected chi connectivity index (χ0v) is 10.7. The third-order valence-corrected chi connectivity index (χ3v) is 2.91. The number of rotatable bonds is 4. The molecule has 0 aliphatic rings. The van der Waals surface area contributed by atoms with Crippen molar-refractivity contribution in [2.24, 2.45) is 7.05 Å². The van der Waals surface area contributed by atoms with Crippen molar-refractivity contribution in [1.29, 1.82) is 0 Å². The summed E-state index contributed by atoms with van der Waals surface area (Å²) in [5.41, 5.74) is 2.45. The highest BCUT2D eigenvalue weighted by Crippen LogP contribution is 2.34. The van der Waals surface area contributed by atoms with E-state index in [0.29, 0.717) is 11.8 Å². The van der Waals surface area contributed by atoms with E-state index >= 15 is 0 Å². The predicted molar refractivity (Wildman–Crippen MR) is 62.6 cm³/mol. The van der Waals surface area contributed by atoms with Gasteiger partial charge in [0.1, 0.15) is 0 Å². The van der Waals surface area contributed by atoms with E-state index in [2.05, 4.69) is 32.8 Å². The Morgan fingerprint density at radius 1 is 1.33 bits per heavy atom. The molecule has 0 aromatic carbocycles. The maximum Gasteiger partial charge on any atom is 0.215 e. The van der Waals surface area contributed by atoms with E-state index in [-0.39, 0.29) is 0 Å². The Kier molecular flexibility index (Phi) is 3.77. The molecule has 86 valence electrons. The third-order valence-electron chi connectivity index (χ3n) is 2.91. The van der Waals surface area contributed by atoms with E-state index in [1.54, 1.807) is 7.11 Å². The van der Waals surface area contributed by atoms with Crippen LogP contribution in [0.2, 0.25) is 0 Å². The normalized spacial score (nSPS) is 13.3. The standard InChI is InChI=1S/C12H22N2O/c1-7-9(4)11-10(8(2)3)12(15-6)14(5)13-11/h8-9H,7H2,1-6H3. The Bertz CT molecular complexity index is 329. The zero-order chi connectivity index (χ0) is 11.6. The van der Waals surface area contributed by atoms with Gasteiger partial charge in [0, 0.05) is 18.5 Å². The molecule has 0 N–H and O–H groups in total. The number of methoxy groups -OCH3 is 1. The Balaban J connectivity index is 3.26. The number of nitrogens with zero attached hydrogens (tertiary/aromatic N) is 2. The quantitative estimate of drug-likeness (QED) is 0.763. The summed E-state index contributed by atoms with van der Waals surface area (Å²) >= 11 is 0. The number of aromatic nitrogens is 2. The number of aryl methyl sites for hydroxylation is 1. The summed E-state index contributed by atoms with van der Waals surface area (Å²) in [5, 5.41) is 4.57. The van der Waals surface area contributed by atoms with Crippen LogP contribution in [-0.2, 0) is 7.05 Å². The average molecular weight is 210 g/mol.